The molecule has 4 N–H and O–H groups in total. The molecule has 1 rings (SSSR count). The Morgan fingerprint density at radius 3 is 2.83 bits per heavy atom. The van der Waals surface area contributed by atoms with Crippen molar-refractivity contribution in [2.45, 2.75) is 20.0 Å². The number of rotatable bonds is 6. The number of carbonyl (C=O) groups excluding carboxylic acids is 1. The van der Waals surface area contributed by atoms with Crippen LogP contribution >= 0.6 is 0 Å². The fraction of sp³-hybridized carbons (Fsp3) is 0.462. The third-order valence-corrected chi connectivity index (χ3v) is 2.57. The summed E-state index contributed by atoms with van der Waals surface area (Å²) < 4.78 is 5.42. The Morgan fingerprint density at radius 1 is 1.50 bits per heavy atom. The Hall–Kier alpha value is -1.75. The Morgan fingerprint density at radius 2 is 2.22 bits per heavy atom. The number of anilines is 2. The Bertz CT molecular complexity index is 407. The van der Waals surface area contributed by atoms with Crippen LogP contribution < -0.4 is 16.4 Å². The number of ether oxygens (including phenoxy) is 1. The summed E-state index contributed by atoms with van der Waals surface area (Å²) in [7, 11) is 1.60. The highest BCUT2D eigenvalue weighted by Crippen LogP contribution is 2.20. The van der Waals surface area contributed by atoms with E-state index in [1.54, 1.807) is 25.2 Å². The van der Waals surface area contributed by atoms with Gasteiger partial charge in [-0.05, 0) is 32.0 Å². The number of hydrogen-bond acceptors (Lipinski definition) is 4. The first kappa shape index (κ1) is 14.3. The van der Waals surface area contributed by atoms with E-state index in [-0.39, 0.29) is 12.0 Å². The minimum atomic E-state index is -0.129. The van der Waals surface area contributed by atoms with Crippen LogP contribution in [0.25, 0.3) is 0 Å². The molecule has 0 saturated carbocycles. The van der Waals surface area contributed by atoms with Crippen molar-refractivity contribution in [3.05, 3.63) is 23.8 Å². The number of amides is 1. The molecule has 1 amide bonds. The van der Waals surface area contributed by atoms with Crippen LogP contribution in [0.5, 0.6) is 0 Å². The molecule has 1 aromatic rings. The van der Waals surface area contributed by atoms with Gasteiger partial charge < -0.3 is 21.1 Å². The van der Waals surface area contributed by atoms with Crippen molar-refractivity contribution in [2.75, 3.05) is 31.2 Å². The topological polar surface area (TPSA) is 76.4 Å². The van der Waals surface area contributed by atoms with Crippen LogP contribution in [0.4, 0.5) is 11.4 Å². The molecule has 0 heterocycles. The smallest absolute Gasteiger partial charge is 0.251 e. The van der Waals surface area contributed by atoms with Crippen molar-refractivity contribution in [1.82, 2.24) is 5.32 Å². The zero-order valence-corrected chi connectivity index (χ0v) is 11.1. The fourth-order valence-electron chi connectivity index (χ4n) is 1.59. The number of benzene rings is 1. The Kier molecular flexibility index (Phi) is 5.45. The molecule has 0 aromatic heterocycles. The molecule has 5 nitrogen and oxygen atoms in total. The molecule has 5 heteroatoms. The first-order chi connectivity index (χ1) is 8.58. The SMILES string of the molecule is CCOC(C)CNc1cc(C(=O)NC)ccc1N. The number of nitrogens with one attached hydrogen (secondary N) is 2. The number of hydrogen-bond donors (Lipinski definition) is 3. The zero-order chi connectivity index (χ0) is 13.5. The Labute approximate surface area is 108 Å². The van der Waals surface area contributed by atoms with E-state index in [4.69, 9.17) is 10.5 Å². The molecule has 0 spiro atoms. The highest BCUT2D eigenvalue weighted by Gasteiger charge is 2.08. The first-order valence-electron chi connectivity index (χ1n) is 6.05. The van der Waals surface area contributed by atoms with Gasteiger partial charge in [0, 0.05) is 25.8 Å². The van der Waals surface area contributed by atoms with E-state index >= 15 is 0 Å². The predicted molar refractivity (Wildman–Crippen MR) is 73.8 cm³/mol. The van der Waals surface area contributed by atoms with Crippen LogP contribution in [-0.2, 0) is 4.74 Å². The van der Waals surface area contributed by atoms with E-state index < -0.39 is 0 Å². The quantitative estimate of drug-likeness (QED) is 0.669. The second-order valence-electron chi connectivity index (χ2n) is 4.03. The van der Waals surface area contributed by atoms with E-state index in [2.05, 4.69) is 10.6 Å². The summed E-state index contributed by atoms with van der Waals surface area (Å²) >= 11 is 0. The zero-order valence-electron chi connectivity index (χ0n) is 11.1. The van der Waals surface area contributed by atoms with Crippen LogP contribution in [0.3, 0.4) is 0 Å². The monoisotopic (exact) mass is 251 g/mol. The summed E-state index contributed by atoms with van der Waals surface area (Å²) in [6, 6.07) is 5.16. The van der Waals surface area contributed by atoms with Gasteiger partial charge >= 0.3 is 0 Å². The number of carbonyl (C=O) groups is 1. The van der Waals surface area contributed by atoms with Gasteiger partial charge in [0.2, 0.25) is 0 Å². The van der Waals surface area contributed by atoms with Crippen molar-refractivity contribution in [3.8, 4) is 0 Å². The van der Waals surface area contributed by atoms with Gasteiger partial charge in [0.25, 0.3) is 5.91 Å². The lowest BCUT2D eigenvalue weighted by atomic mass is 10.1. The maximum atomic E-state index is 11.5. The lowest BCUT2D eigenvalue weighted by molar-refractivity contribution is 0.0855. The summed E-state index contributed by atoms with van der Waals surface area (Å²) in [5.74, 6) is -0.129. The molecular weight excluding hydrogens is 230 g/mol. The fourth-order valence-corrected chi connectivity index (χ4v) is 1.59. The molecule has 0 aliphatic rings. The highest BCUT2D eigenvalue weighted by atomic mass is 16.5. The van der Waals surface area contributed by atoms with Crippen LogP contribution in [0.2, 0.25) is 0 Å². The number of nitrogens with two attached hydrogens (primary N) is 1. The summed E-state index contributed by atoms with van der Waals surface area (Å²) in [6.07, 6.45) is 0.0954. The Balaban J connectivity index is 2.72. The lowest BCUT2D eigenvalue weighted by Crippen LogP contribution is -2.21. The highest BCUT2D eigenvalue weighted by molar-refractivity contribution is 5.96. The second-order valence-corrected chi connectivity index (χ2v) is 4.03. The van der Waals surface area contributed by atoms with E-state index in [9.17, 15) is 4.79 Å². The van der Waals surface area contributed by atoms with Crippen molar-refractivity contribution in [3.63, 3.8) is 0 Å². The minimum absolute atomic E-state index is 0.0954. The average molecular weight is 251 g/mol. The molecule has 1 aromatic carbocycles. The van der Waals surface area contributed by atoms with Gasteiger partial charge in [-0.3, -0.25) is 4.79 Å². The molecule has 0 saturated heterocycles. The van der Waals surface area contributed by atoms with Crippen molar-refractivity contribution < 1.29 is 9.53 Å². The van der Waals surface area contributed by atoms with Crippen LogP contribution in [0.15, 0.2) is 18.2 Å². The van der Waals surface area contributed by atoms with Gasteiger partial charge in [0.1, 0.15) is 0 Å². The van der Waals surface area contributed by atoms with Crippen LogP contribution in [0, 0.1) is 0 Å². The van der Waals surface area contributed by atoms with E-state index in [1.807, 2.05) is 13.8 Å². The van der Waals surface area contributed by atoms with Crippen LogP contribution in [-0.4, -0.2) is 32.2 Å². The molecule has 0 bridgehead atoms. The van der Waals surface area contributed by atoms with Gasteiger partial charge in [-0.2, -0.15) is 0 Å². The molecule has 0 fully saturated rings. The van der Waals surface area contributed by atoms with Gasteiger partial charge in [-0.1, -0.05) is 0 Å². The van der Waals surface area contributed by atoms with Gasteiger partial charge in [-0.25, -0.2) is 0 Å². The second kappa shape index (κ2) is 6.86. The van der Waals surface area contributed by atoms with Gasteiger partial charge in [-0.15, -0.1) is 0 Å². The van der Waals surface area contributed by atoms with E-state index in [1.165, 1.54) is 0 Å². The lowest BCUT2D eigenvalue weighted by Gasteiger charge is -2.15. The summed E-state index contributed by atoms with van der Waals surface area (Å²) in [5, 5.41) is 5.77. The largest absolute Gasteiger partial charge is 0.397 e. The van der Waals surface area contributed by atoms with E-state index in [0.29, 0.717) is 24.4 Å². The maximum absolute atomic E-state index is 11.5. The van der Waals surface area contributed by atoms with Crippen molar-refractivity contribution in [2.24, 2.45) is 0 Å². The molecule has 0 radical (unpaired) electrons. The molecular formula is C13H21N3O2. The summed E-state index contributed by atoms with van der Waals surface area (Å²) in [5.41, 5.74) is 7.81. The maximum Gasteiger partial charge on any atom is 0.251 e. The van der Waals surface area contributed by atoms with Crippen LogP contribution in [0.1, 0.15) is 24.2 Å². The average Bonchev–Trinajstić information content (AvgIpc) is 2.37. The number of nitrogen functional groups attached to an aromatic ring is 1. The van der Waals surface area contributed by atoms with E-state index in [0.717, 1.165) is 5.69 Å². The molecule has 1 unspecified atom stereocenters. The minimum Gasteiger partial charge on any atom is -0.397 e. The normalized spacial score (nSPS) is 11.9. The van der Waals surface area contributed by atoms with Gasteiger partial charge in [0.15, 0.2) is 0 Å². The first-order valence-corrected chi connectivity index (χ1v) is 6.05. The molecule has 18 heavy (non-hydrogen) atoms. The molecule has 0 aliphatic carbocycles. The molecule has 0 aliphatic heterocycles. The summed E-state index contributed by atoms with van der Waals surface area (Å²) in [6.45, 7) is 5.26. The standard InChI is InChI=1S/C13H21N3O2/c1-4-18-9(2)8-16-12-7-10(13(17)15-3)5-6-11(12)14/h5-7,9,16H,4,8,14H2,1-3H3,(H,15,17). The molecule has 100 valence electrons. The molecule has 1 atom stereocenters. The van der Waals surface area contributed by atoms with Gasteiger partial charge in [0.05, 0.1) is 17.5 Å². The third kappa shape index (κ3) is 3.92. The summed E-state index contributed by atoms with van der Waals surface area (Å²) in [4.78, 5) is 11.5. The third-order valence-electron chi connectivity index (χ3n) is 2.57. The predicted octanol–water partition coefficient (Wildman–Crippen LogP) is 1.47. The van der Waals surface area contributed by atoms with Crippen molar-refractivity contribution in [1.29, 1.82) is 0 Å². The van der Waals surface area contributed by atoms with Crippen molar-refractivity contribution >= 4 is 17.3 Å².